The van der Waals surface area contributed by atoms with Crippen molar-refractivity contribution >= 4 is 21.7 Å². The topological polar surface area (TPSA) is 93.3 Å². The highest BCUT2D eigenvalue weighted by atomic mass is 79.9. The largest absolute Gasteiger partial charge is 0.503 e. The Labute approximate surface area is 131 Å². The molecular weight excluding hydrogens is 336 g/mol. The van der Waals surface area contributed by atoms with Gasteiger partial charge >= 0.3 is 0 Å². The average molecular weight is 353 g/mol. The van der Waals surface area contributed by atoms with E-state index in [4.69, 9.17) is 10.6 Å². The van der Waals surface area contributed by atoms with Crippen LogP contribution in [0.2, 0.25) is 0 Å². The summed E-state index contributed by atoms with van der Waals surface area (Å²) in [5.41, 5.74) is 4.13. The standard InChI is InChI=1S/C14H17BrN4O2/c1-7(2)10-6-12(19-16)18-14(17-10)8-4-9(15)13(20)11(5-8)21-3/h4-7,20H,16H2,1-3H3,(H,17,18,19). The minimum Gasteiger partial charge on any atom is -0.503 e. The van der Waals surface area contributed by atoms with Crippen molar-refractivity contribution in [2.24, 2.45) is 5.84 Å². The number of ether oxygens (including phenoxy) is 1. The predicted molar refractivity (Wildman–Crippen MR) is 85.3 cm³/mol. The van der Waals surface area contributed by atoms with Crippen molar-refractivity contribution < 1.29 is 9.84 Å². The van der Waals surface area contributed by atoms with Gasteiger partial charge in [0.2, 0.25) is 0 Å². The van der Waals surface area contributed by atoms with Gasteiger partial charge < -0.3 is 15.3 Å². The normalized spacial score (nSPS) is 10.8. The van der Waals surface area contributed by atoms with E-state index < -0.39 is 0 Å². The first-order valence-corrected chi connectivity index (χ1v) is 7.18. The van der Waals surface area contributed by atoms with Crippen LogP contribution in [0, 0.1) is 0 Å². The molecule has 0 radical (unpaired) electrons. The fourth-order valence-electron chi connectivity index (χ4n) is 1.82. The number of nitrogens with zero attached hydrogens (tertiary/aromatic N) is 2. The lowest BCUT2D eigenvalue weighted by molar-refractivity contribution is 0.372. The highest BCUT2D eigenvalue weighted by Gasteiger charge is 2.14. The lowest BCUT2D eigenvalue weighted by Crippen LogP contribution is -2.11. The van der Waals surface area contributed by atoms with Gasteiger partial charge in [-0.2, -0.15) is 0 Å². The first kappa shape index (κ1) is 15.5. The molecule has 1 aromatic carbocycles. The Morgan fingerprint density at radius 3 is 2.57 bits per heavy atom. The summed E-state index contributed by atoms with van der Waals surface area (Å²) in [4.78, 5) is 8.88. The summed E-state index contributed by atoms with van der Waals surface area (Å²) in [5, 5.41) is 9.87. The van der Waals surface area contributed by atoms with E-state index in [1.54, 1.807) is 18.2 Å². The minimum atomic E-state index is 0.0402. The molecule has 2 aromatic rings. The minimum absolute atomic E-state index is 0.0402. The average Bonchev–Trinajstić information content (AvgIpc) is 2.49. The number of nitrogen functional groups attached to an aromatic ring is 1. The number of halogens is 1. The maximum Gasteiger partial charge on any atom is 0.172 e. The van der Waals surface area contributed by atoms with Crippen LogP contribution in [-0.2, 0) is 0 Å². The molecule has 1 heterocycles. The van der Waals surface area contributed by atoms with Gasteiger partial charge in [0, 0.05) is 17.3 Å². The summed E-state index contributed by atoms with van der Waals surface area (Å²) >= 11 is 3.29. The van der Waals surface area contributed by atoms with Gasteiger partial charge in [-0.05, 0) is 34.0 Å². The van der Waals surface area contributed by atoms with Gasteiger partial charge in [-0.15, -0.1) is 0 Å². The van der Waals surface area contributed by atoms with Crippen LogP contribution in [-0.4, -0.2) is 22.2 Å². The molecule has 0 amide bonds. The number of rotatable bonds is 4. The second-order valence-electron chi connectivity index (χ2n) is 4.81. The Hall–Kier alpha value is -1.86. The molecule has 1 aromatic heterocycles. The van der Waals surface area contributed by atoms with Crippen molar-refractivity contribution in [3.05, 3.63) is 28.4 Å². The van der Waals surface area contributed by atoms with E-state index in [2.05, 4.69) is 31.3 Å². The summed E-state index contributed by atoms with van der Waals surface area (Å²) in [6, 6.07) is 5.22. The third kappa shape index (κ3) is 3.25. The molecule has 2 rings (SSSR count). The molecule has 0 aliphatic carbocycles. The summed E-state index contributed by atoms with van der Waals surface area (Å²) in [7, 11) is 1.49. The third-order valence-electron chi connectivity index (χ3n) is 2.99. The summed E-state index contributed by atoms with van der Waals surface area (Å²) in [6.45, 7) is 4.08. The molecule has 0 saturated heterocycles. The van der Waals surface area contributed by atoms with Crippen LogP contribution >= 0.6 is 15.9 Å². The molecule has 0 spiro atoms. The number of hydrogen-bond acceptors (Lipinski definition) is 6. The van der Waals surface area contributed by atoms with Gasteiger partial charge in [-0.3, -0.25) is 0 Å². The number of nitrogens with two attached hydrogens (primary N) is 1. The smallest absolute Gasteiger partial charge is 0.172 e. The number of hydrogen-bond donors (Lipinski definition) is 3. The molecular formula is C14H17BrN4O2. The molecule has 0 bridgehead atoms. The van der Waals surface area contributed by atoms with Gasteiger partial charge in [-0.25, -0.2) is 15.8 Å². The summed E-state index contributed by atoms with van der Waals surface area (Å²) in [5.74, 6) is 7.13. The molecule has 7 heteroatoms. The first-order chi connectivity index (χ1) is 9.96. The Morgan fingerprint density at radius 1 is 1.29 bits per heavy atom. The van der Waals surface area contributed by atoms with Crippen molar-refractivity contribution in [3.8, 4) is 22.9 Å². The Kier molecular flexibility index (Phi) is 4.64. The number of aromatic nitrogens is 2. The van der Waals surface area contributed by atoms with Crippen LogP contribution in [0.25, 0.3) is 11.4 Å². The first-order valence-electron chi connectivity index (χ1n) is 6.38. The number of benzene rings is 1. The highest BCUT2D eigenvalue weighted by Crippen LogP contribution is 2.38. The maximum absolute atomic E-state index is 9.87. The molecule has 0 saturated carbocycles. The zero-order chi connectivity index (χ0) is 15.6. The maximum atomic E-state index is 9.87. The number of phenols is 1. The lowest BCUT2D eigenvalue weighted by Gasteiger charge is -2.12. The molecule has 0 aliphatic rings. The Morgan fingerprint density at radius 2 is 2.00 bits per heavy atom. The van der Waals surface area contributed by atoms with Crippen LogP contribution in [0.1, 0.15) is 25.5 Å². The molecule has 4 N–H and O–H groups in total. The quantitative estimate of drug-likeness (QED) is 0.578. The van der Waals surface area contributed by atoms with E-state index >= 15 is 0 Å². The second kappa shape index (κ2) is 6.28. The fourth-order valence-corrected chi connectivity index (χ4v) is 2.27. The molecule has 0 unspecified atom stereocenters. The summed E-state index contributed by atoms with van der Waals surface area (Å²) < 4.78 is 5.66. The number of phenolic OH excluding ortho intramolecular Hbond substituents is 1. The number of anilines is 1. The van der Waals surface area contributed by atoms with E-state index in [1.807, 2.05) is 13.8 Å². The van der Waals surface area contributed by atoms with Crippen molar-refractivity contribution in [3.63, 3.8) is 0 Å². The van der Waals surface area contributed by atoms with E-state index in [-0.39, 0.29) is 11.7 Å². The second-order valence-corrected chi connectivity index (χ2v) is 5.66. The Balaban J connectivity index is 2.60. The van der Waals surface area contributed by atoms with Crippen LogP contribution < -0.4 is 16.0 Å². The van der Waals surface area contributed by atoms with Gasteiger partial charge in [0.05, 0.1) is 11.6 Å². The third-order valence-corrected chi connectivity index (χ3v) is 3.60. The molecule has 112 valence electrons. The highest BCUT2D eigenvalue weighted by molar-refractivity contribution is 9.10. The monoisotopic (exact) mass is 352 g/mol. The van der Waals surface area contributed by atoms with Crippen LogP contribution in [0.3, 0.4) is 0 Å². The van der Waals surface area contributed by atoms with Crippen molar-refractivity contribution in [1.29, 1.82) is 0 Å². The van der Waals surface area contributed by atoms with E-state index in [0.717, 1.165) is 11.3 Å². The fraction of sp³-hybridized carbons (Fsp3) is 0.286. The zero-order valence-electron chi connectivity index (χ0n) is 12.0. The van der Waals surface area contributed by atoms with Crippen molar-refractivity contribution in [1.82, 2.24) is 9.97 Å². The zero-order valence-corrected chi connectivity index (χ0v) is 13.6. The molecule has 0 atom stereocenters. The van der Waals surface area contributed by atoms with Gasteiger partial charge in [-0.1, -0.05) is 13.8 Å². The van der Waals surface area contributed by atoms with Crippen molar-refractivity contribution in [2.45, 2.75) is 19.8 Å². The van der Waals surface area contributed by atoms with Gasteiger partial charge in [0.15, 0.2) is 17.3 Å². The molecule has 21 heavy (non-hydrogen) atoms. The van der Waals surface area contributed by atoms with Crippen LogP contribution in [0.5, 0.6) is 11.5 Å². The number of aromatic hydroxyl groups is 1. The number of hydrazine groups is 1. The van der Waals surface area contributed by atoms with E-state index in [9.17, 15) is 5.11 Å². The van der Waals surface area contributed by atoms with Crippen molar-refractivity contribution in [2.75, 3.05) is 12.5 Å². The number of nitrogens with one attached hydrogen (secondary N) is 1. The van der Waals surface area contributed by atoms with Crippen LogP contribution in [0.4, 0.5) is 5.82 Å². The summed E-state index contributed by atoms with van der Waals surface area (Å²) in [6.07, 6.45) is 0. The van der Waals surface area contributed by atoms with E-state index in [0.29, 0.717) is 21.9 Å². The molecule has 6 nitrogen and oxygen atoms in total. The lowest BCUT2D eigenvalue weighted by atomic mass is 10.1. The SMILES string of the molecule is COc1cc(-c2nc(NN)cc(C(C)C)n2)cc(Br)c1O. The van der Waals surface area contributed by atoms with E-state index in [1.165, 1.54) is 7.11 Å². The van der Waals surface area contributed by atoms with Gasteiger partial charge in [0.25, 0.3) is 0 Å². The van der Waals surface area contributed by atoms with Crippen LogP contribution in [0.15, 0.2) is 22.7 Å². The predicted octanol–water partition coefficient (Wildman–Crippen LogP) is 3.03. The van der Waals surface area contributed by atoms with Gasteiger partial charge in [0.1, 0.15) is 5.82 Å². The Bertz CT molecular complexity index is 662. The number of methoxy groups -OCH3 is 1. The molecule has 0 aliphatic heterocycles. The molecule has 0 fully saturated rings.